The van der Waals surface area contributed by atoms with E-state index in [1.807, 2.05) is 6.92 Å². The molecule has 0 saturated carbocycles. The summed E-state index contributed by atoms with van der Waals surface area (Å²) in [5.74, 6) is -0.229. The van der Waals surface area contributed by atoms with Crippen molar-refractivity contribution in [2.45, 2.75) is 25.1 Å². The van der Waals surface area contributed by atoms with Crippen molar-refractivity contribution in [1.29, 1.82) is 0 Å². The third-order valence-corrected chi connectivity index (χ3v) is 3.16. The fourth-order valence-electron chi connectivity index (χ4n) is 1.28. The molecule has 92 valence electrons. The Bertz CT molecular complexity index is 421. The summed E-state index contributed by atoms with van der Waals surface area (Å²) >= 11 is 3.28. The summed E-state index contributed by atoms with van der Waals surface area (Å²) in [4.78, 5) is 22.3. The molecule has 0 heterocycles. The van der Waals surface area contributed by atoms with Crippen LogP contribution < -0.4 is 10.6 Å². The van der Waals surface area contributed by atoms with Gasteiger partial charge in [0.1, 0.15) is 0 Å². The number of benzene rings is 1. The van der Waals surface area contributed by atoms with Crippen LogP contribution in [0.5, 0.6) is 0 Å². The topological polar surface area (TPSA) is 58.2 Å². The van der Waals surface area contributed by atoms with Crippen LogP contribution >= 0.6 is 15.9 Å². The summed E-state index contributed by atoms with van der Waals surface area (Å²) < 4.78 is 0. The Balaban J connectivity index is 2.72. The number of amides is 2. The lowest BCUT2D eigenvalue weighted by Gasteiger charge is -2.10. The average molecular weight is 299 g/mol. The van der Waals surface area contributed by atoms with Gasteiger partial charge in [-0.1, -0.05) is 28.9 Å². The number of rotatable bonds is 4. The minimum atomic E-state index is -0.202. The summed E-state index contributed by atoms with van der Waals surface area (Å²) in [5, 5.41) is 5.43. The minimum Gasteiger partial charge on any atom is -0.326 e. The van der Waals surface area contributed by atoms with Crippen LogP contribution in [0.3, 0.4) is 0 Å². The Morgan fingerprint density at radius 2 is 1.88 bits per heavy atom. The highest BCUT2D eigenvalue weighted by atomic mass is 79.9. The highest BCUT2D eigenvalue weighted by Gasteiger charge is 2.12. The van der Waals surface area contributed by atoms with E-state index in [1.54, 1.807) is 24.3 Å². The molecule has 1 aromatic rings. The molecule has 0 bridgehead atoms. The van der Waals surface area contributed by atoms with E-state index in [1.165, 1.54) is 6.92 Å². The average Bonchev–Trinajstić information content (AvgIpc) is 2.27. The Hall–Kier alpha value is -1.36. The summed E-state index contributed by atoms with van der Waals surface area (Å²) in [5.41, 5.74) is 1.33. The quantitative estimate of drug-likeness (QED) is 0.840. The lowest BCUT2D eigenvalue weighted by molar-refractivity contribution is -0.116. The van der Waals surface area contributed by atoms with Crippen molar-refractivity contribution >= 4 is 39.1 Å². The van der Waals surface area contributed by atoms with Gasteiger partial charge in [0.2, 0.25) is 11.8 Å². The molecule has 4 nitrogen and oxygen atoms in total. The van der Waals surface area contributed by atoms with Crippen molar-refractivity contribution < 1.29 is 9.59 Å². The molecule has 0 saturated heterocycles. The highest BCUT2D eigenvalue weighted by Crippen LogP contribution is 2.16. The van der Waals surface area contributed by atoms with Crippen LogP contribution in [0, 0.1) is 0 Å². The first-order valence-electron chi connectivity index (χ1n) is 5.35. The van der Waals surface area contributed by atoms with E-state index in [0.717, 1.165) is 6.42 Å². The van der Waals surface area contributed by atoms with Crippen LogP contribution in [0.4, 0.5) is 11.4 Å². The molecule has 1 rings (SSSR count). The van der Waals surface area contributed by atoms with Gasteiger partial charge >= 0.3 is 0 Å². The number of hydrogen-bond acceptors (Lipinski definition) is 2. The number of alkyl halides is 1. The maximum atomic E-state index is 11.6. The molecule has 0 aromatic heterocycles. The van der Waals surface area contributed by atoms with Gasteiger partial charge in [0, 0.05) is 18.3 Å². The number of carbonyl (C=O) groups excluding carboxylic acids is 2. The zero-order valence-corrected chi connectivity index (χ0v) is 11.4. The van der Waals surface area contributed by atoms with Gasteiger partial charge in [0.15, 0.2) is 0 Å². The van der Waals surface area contributed by atoms with E-state index in [-0.39, 0.29) is 16.6 Å². The molecule has 0 fully saturated rings. The van der Waals surface area contributed by atoms with Gasteiger partial charge in [-0.15, -0.1) is 0 Å². The van der Waals surface area contributed by atoms with Gasteiger partial charge in [-0.2, -0.15) is 0 Å². The first kappa shape index (κ1) is 13.7. The van der Waals surface area contributed by atoms with Gasteiger partial charge in [-0.3, -0.25) is 9.59 Å². The fraction of sp³-hybridized carbons (Fsp3) is 0.333. The molecule has 2 amide bonds. The first-order chi connectivity index (χ1) is 8.02. The van der Waals surface area contributed by atoms with Crippen LogP contribution in [-0.4, -0.2) is 16.6 Å². The van der Waals surface area contributed by atoms with Crippen LogP contribution in [0.1, 0.15) is 20.3 Å². The van der Waals surface area contributed by atoms with Crippen LogP contribution in [-0.2, 0) is 9.59 Å². The van der Waals surface area contributed by atoms with Crippen LogP contribution in [0.2, 0.25) is 0 Å². The fourth-order valence-corrected chi connectivity index (χ4v) is 1.40. The van der Waals surface area contributed by atoms with Gasteiger partial charge < -0.3 is 10.6 Å². The van der Waals surface area contributed by atoms with Gasteiger partial charge in [-0.25, -0.2) is 0 Å². The number of halogens is 1. The third kappa shape index (κ3) is 4.56. The second-order valence-electron chi connectivity index (χ2n) is 3.63. The van der Waals surface area contributed by atoms with Crippen molar-refractivity contribution in [2.75, 3.05) is 10.6 Å². The Labute approximate surface area is 109 Å². The van der Waals surface area contributed by atoms with Gasteiger partial charge in [-0.05, 0) is 24.6 Å². The van der Waals surface area contributed by atoms with E-state index in [4.69, 9.17) is 0 Å². The van der Waals surface area contributed by atoms with Gasteiger partial charge in [0.05, 0.1) is 4.83 Å². The zero-order chi connectivity index (χ0) is 12.8. The van der Waals surface area contributed by atoms with Crippen molar-refractivity contribution in [3.8, 4) is 0 Å². The molecule has 0 spiro atoms. The Kier molecular flexibility index (Phi) is 5.15. The van der Waals surface area contributed by atoms with Crippen molar-refractivity contribution in [2.24, 2.45) is 0 Å². The van der Waals surface area contributed by atoms with E-state index in [0.29, 0.717) is 11.4 Å². The molecular formula is C12H15BrN2O2. The van der Waals surface area contributed by atoms with E-state index in [9.17, 15) is 9.59 Å². The predicted molar refractivity (Wildman–Crippen MR) is 72.4 cm³/mol. The maximum Gasteiger partial charge on any atom is 0.238 e. The summed E-state index contributed by atoms with van der Waals surface area (Å²) in [6, 6.07) is 7.03. The molecule has 17 heavy (non-hydrogen) atoms. The lowest BCUT2D eigenvalue weighted by Crippen LogP contribution is -2.22. The van der Waals surface area contributed by atoms with Crippen molar-refractivity contribution in [3.05, 3.63) is 24.3 Å². The minimum absolute atomic E-state index is 0.0903. The summed E-state index contributed by atoms with van der Waals surface area (Å²) in [6.07, 6.45) is 0.719. The Morgan fingerprint density at radius 3 is 2.41 bits per heavy atom. The number of hydrogen-bond donors (Lipinski definition) is 2. The number of anilines is 2. The summed E-state index contributed by atoms with van der Waals surface area (Å²) in [7, 11) is 0. The molecule has 1 unspecified atom stereocenters. The molecule has 2 N–H and O–H groups in total. The maximum absolute atomic E-state index is 11.6. The van der Waals surface area contributed by atoms with Crippen molar-refractivity contribution in [3.63, 3.8) is 0 Å². The molecular weight excluding hydrogens is 284 g/mol. The molecule has 0 aliphatic rings. The lowest BCUT2D eigenvalue weighted by atomic mass is 10.2. The number of carbonyl (C=O) groups is 2. The largest absolute Gasteiger partial charge is 0.326 e. The summed E-state index contributed by atoms with van der Waals surface area (Å²) in [6.45, 7) is 3.36. The van der Waals surface area contributed by atoms with Gasteiger partial charge in [0.25, 0.3) is 0 Å². The zero-order valence-electron chi connectivity index (χ0n) is 9.79. The van der Waals surface area contributed by atoms with E-state index in [2.05, 4.69) is 26.6 Å². The SMILES string of the molecule is CCC(Br)C(=O)Nc1cccc(NC(C)=O)c1. The standard InChI is InChI=1S/C12H15BrN2O2/c1-3-11(13)12(17)15-10-6-4-5-9(7-10)14-8(2)16/h4-7,11H,3H2,1-2H3,(H,14,16)(H,15,17). The molecule has 1 aromatic carbocycles. The van der Waals surface area contributed by atoms with Crippen LogP contribution in [0.25, 0.3) is 0 Å². The highest BCUT2D eigenvalue weighted by molar-refractivity contribution is 9.10. The normalized spacial score (nSPS) is 11.7. The van der Waals surface area contributed by atoms with E-state index >= 15 is 0 Å². The monoisotopic (exact) mass is 298 g/mol. The molecule has 5 heteroatoms. The molecule has 0 aliphatic carbocycles. The van der Waals surface area contributed by atoms with Crippen LogP contribution in [0.15, 0.2) is 24.3 Å². The molecule has 1 atom stereocenters. The molecule has 0 radical (unpaired) electrons. The second kappa shape index (κ2) is 6.39. The second-order valence-corrected chi connectivity index (χ2v) is 4.73. The van der Waals surface area contributed by atoms with E-state index < -0.39 is 0 Å². The Morgan fingerprint density at radius 1 is 1.29 bits per heavy atom. The van der Waals surface area contributed by atoms with Crippen molar-refractivity contribution in [1.82, 2.24) is 0 Å². The molecule has 0 aliphatic heterocycles. The first-order valence-corrected chi connectivity index (χ1v) is 6.27. The predicted octanol–water partition coefficient (Wildman–Crippen LogP) is 2.76. The number of nitrogens with one attached hydrogen (secondary N) is 2. The smallest absolute Gasteiger partial charge is 0.238 e. The third-order valence-electron chi connectivity index (χ3n) is 2.09.